The topological polar surface area (TPSA) is 125 Å². The highest BCUT2D eigenvalue weighted by Gasteiger charge is 2.16. The van der Waals surface area contributed by atoms with Crippen molar-refractivity contribution in [3.63, 3.8) is 0 Å². The molecule has 0 aliphatic rings. The molecule has 12 nitrogen and oxygen atoms in total. The van der Waals surface area contributed by atoms with E-state index in [0.29, 0.717) is 93.9 Å². The Hall–Kier alpha value is -4.56. The van der Waals surface area contributed by atoms with E-state index < -0.39 is 6.10 Å². The number of rotatable bonds is 27. The van der Waals surface area contributed by atoms with E-state index in [1.807, 2.05) is 91.9 Å². The molecule has 0 bridgehead atoms. The van der Waals surface area contributed by atoms with Gasteiger partial charge >= 0.3 is 0 Å². The van der Waals surface area contributed by atoms with Crippen LogP contribution < -0.4 is 33.7 Å². The van der Waals surface area contributed by atoms with Gasteiger partial charge in [-0.1, -0.05) is 30.3 Å². The lowest BCUT2D eigenvalue weighted by Gasteiger charge is -2.21. The average molecular weight is 750 g/mol. The van der Waals surface area contributed by atoms with Gasteiger partial charge in [0.25, 0.3) is 0 Å². The number of nitrogens with one attached hydrogen (secondary N) is 1. The number of methoxy groups -OCH3 is 4. The van der Waals surface area contributed by atoms with Crippen molar-refractivity contribution in [1.29, 1.82) is 0 Å². The van der Waals surface area contributed by atoms with Crippen molar-refractivity contribution in [2.45, 2.75) is 38.8 Å². The Balaban J connectivity index is 1.55. The van der Waals surface area contributed by atoms with Crippen molar-refractivity contribution >= 4 is 0 Å². The number of aliphatic hydroxyl groups is 1. The highest BCUT2D eigenvalue weighted by molar-refractivity contribution is 5.42. The van der Waals surface area contributed by atoms with Gasteiger partial charge in [-0.2, -0.15) is 0 Å². The molecule has 4 aromatic carbocycles. The number of hydrogen-bond acceptors (Lipinski definition) is 12. The minimum atomic E-state index is -0.682. The smallest absolute Gasteiger partial charge is 0.123 e. The summed E-state index contributed by atoms with van der Waals surface area (Å²) >= 11 is 0. The van der Waals surface area contributed by atoms with Crippen LogP contribution in [0.25, 0.3) is 0 Å². The molecular formula is C42H55NO11. The molecule has 12 heteroatoms. The molecule has 0 heterocycles. The summed E-state index contributed by atoms with van der Waals surface area (Å²) in [5.74, 6) is 3.79. The van der Waals surface area contributed by atoms with Gasteiger partial charge in [-0.05, 0) is 65.6 Å². The van der Waals surface area contributed by atoms with E-state index in [4.69, 9.17) is 47.4 Å². The van der Waals surface area contributed by atoms with Crippen LogP contribution in [0.3, 0.4) is 0 Å². The molecule has 0 spiro atoms. The second kappa shape index (κ2) is 24.0. The van der Waals surface area contributed by atoms with Gasteiger partial charge in [0, 0.05) is 59.2 Å². The first-order chi connectivity index (χ1) is 26.4. The third-order valence-electron chi connectivity index (χ3n) is 8.10. The Labute approximate surface area is 319 Å². The van der Waals surface area contributed by atoms with Crippen LogP contribution in [0.4, 0.5) is 0 Å². The van der Waals surface area contributed by atoms with E-state index in [1.165, 1.54) is 0 Å². The molecule has 0 saturated heterocycles. The molecule has 4 rings (SSSR count). The molecule has 54 heavy (non-hydrogen) atoms. The fraction of sp³-hybridized carbons (Fsp3) is 0.429. The Morgan fingerprint density at radius 3 is 1.19 bits per heavy atom. The molecule has 0 saturated carbocycles. The zero-order valence-corrected chi connectivity index (χ0v) is 32.0. The lowest BCUT2D eigenvalue weighted by molar-refractivity contribution is 0.135. The fourth-order valence-corrected chi connectivity index (χ4v) is 5.29. The van der Waals surface area contributed by atoms with Crippen molar-refractivity contribution in [3.8, 4) is 34.5 Å². The fourth-order valence-electron chi connectivity index (χ4n) is 5.29. The van der Waals surface area contributed by atoms with Crippen LogP contribution in [-0.2, 0) is 38.7 Å². The van der Waals surface area contributed by atoms with Crippen molar-refractivity contribution < 1.29 is 52.5 Å². The summed E-state index contributed by atoms with van der Waals surface area (Å²) < 4.78 is 57.0. The second-order valence-electron chi connectivity index (χ2n) is 12.4. The van der Waals surface area contributed by atoms with Crippen LogP contribution in [0.5, 0.6) is 34.5 Å². The number of hydrogen-bond donors (Lipinski definition) is 2. The predicted octanol–water partition coefficient (Wildman–Crippen LogP) is 6.16. The first-order valence-corrected chi connectivity index (χ1v) is 18.0. The van der Waals surface area contributed by atoms with Gasteiger partial charge < -0.3 is 57.8 Å². The standard InChI is InChI=1S/C42H55NO11/c1-31(42(44)35-9-7-6-8-10-35)43-28-32-19-40(53-29-33-21-36(49-15-11-45-2)25-37(22-33)50-16-12-46-3)27-41(20-32)54-30-34-23-38(51-17-13-47-4)26-39(24-34)52-18-14-48-5/h6-10,19-27,31,42-44H,11-18,28-30H2,1-5H3/t31-,42-/m1/s1. The lowest BCUT2D eigenvalue weighted by Crippen LogP contribution is -2.31. The Kier molecular flexibility index (Phi) is 18.7. The monoisotopic (exact) mass is 749 g/mol. The molecule has 2 atom stereocenters. The quantitative estimate of drug-likeness (QED) is 0.0679. The van der Waals surface area contributed by atoms with Gasteiger partial charge in [0.1, 0.15) is 74.1 Å². The van der Waals surface area contributed by atoms with Gasteiger partial charge in [-0.3, -0.25) is 0 Å². The summed E-state index contributed by atoms with van der Waals surface area (Å²) in [6.45, 7) is 6.31. The molecule has 2 N–H and O–H groups in total. The maximum atomic E-state index is 11.0. The van der Waals surface area contributed by atoms with Gasteiger partial charge in [-0.15, -0.1) is 0 Å². The molecule has 0 aliphatic heterocycles. The van der Waals surface area contributed by atoms with E-state index in [0.717, 1.165) is 22.3 Å². The predicted molar refractivity (Wildman–Crippen MR) is 205 cm³/mol. The molecule has 0 aliphatic carbocycles. The first kappa shape index (κ1) is 42.2. The van der Waals surface area contributed by atoms with Gasteiger partial charge in [0.05, 0.1) is 32.5 Å². The SMILES string of the molecule is COCCOc1cc(COc2cc(CN[C@H](C)[C@@H](O)c3ccccc3)cc(OCc3cc(OCCOC)cc(OCCOC)c3)c2)cc(OCCOC)c1. The maximum absolute atomic E-state index is 11.0. The van der Waals surface area contributed by atoms with Crippen molar-refractivity contribution in [2.75, 3.05) is 81.3 Å². The second-order valence-corrected chi connectivity index (χ2v) is 12.4. The zero-order valence-electron chi connectivity index (χ0n) is 32.0. The largest absolute Gasteiger partial charge is 0.491 e. The molecule has 4 aromatic rings. The van der Waals surface area contributed by atoms with Crippen molar-refractivity contribution in [2.24, 2.45) is 0 Å². The first-order valence-electron chi connectivity index (χ1n) is 18.0. The van der Waals surface area contributed by atoms with Gasteiger partial charge in [-0.25, -0.2) is 0 Å². The van der Waals surface area contributed by atoms with E-state index in [2.05, 4.69) is 5.32 Å². The van der Waals surface area contributed by atoms with Crippen LogP contribution in [-0.4, -0.2) is 92.4 Å². The summed E-state index contributed by atoms with van der Waals surface area (Å²) in [5, 5.41) is 14.4. The van der Waals surface area contributed by atoms with E-state index in [1.54, 1.807) is 28.4 Å². The minimum absolute atomic E-state index is 0.226. The minimum Gasteiger partial charge on any atom is -0.491 e. The van der Waals surface area contributed by atoms with E-state index in [-0.39, 0.29) is 19.3 Å². The summed E-state index contributed by atoms with van der Waals surface area (Å²) in [4.78, 5) is 0. The lowest BCUT2D eigenvalue weighted by atomic mass is 10.0. The van der Waals surface area contributed by atoms with Crippen LogP contribution in [0, 0.1) is 0 Å². The van der Waals surface area contributed by atoms with Crippen LogP contribution in [0.1, 0.15) is 35.3 Å². The molecule has 294 valence electrons. The third-order valence-corrected chi connectivity index (χ3v) is 8.10. The number of aliphatic hydroxyl groups excluding tert-OH is 1. The highest BCUT2D eigenvalue weighted by Crippen LogP contribution is 2.29. The van der Waals surface area contributed by atoms with Crippen molar-refractivity contribution in [3.05, 3.63) is 107 Å². The van der Waals surface area contributed by atoms with Crippen LogP contribution in [0.15, 0.2) is 84.9 Å². The molecule has 0 fully saturated rings. The highest BCUT2D eigenvalue weighted by atomic mass is 16.5. The average Bonchev–Trinajstić information content (AvgIpc) is 3.19. The molecule has 0 unspecified atom stereocenters. The molecule has 0 radical (unpaired) electrons. The third kappa shape index (κ3) is 15.1. The van der Waals surface area contributed by atoms with Gasteiger partial charge in [0.15, 0.2) is 0 Å². The summed E-state index contributed by atoms with van der Waals surface area (Å²) in [5.41, 5.74) is 3.47. The molecular weight excluding hydrogens is 694 g/mol. The molecule has 0 aromatic heterocycles. The summed E-state index contributed by atoms with van der Waals surface area (Å²) in [6.07, 6.45) is -0.682. The van der Waals surface area contributed by atoms with E-state index in [9.17, 15) is 5.11 Å². The van der Waals surface area contributed by atoms with Crippen LogP contribution >= 0.6 is 0 Å². The number of ether oxygens (including phenoxy) is 10. The van der Waals surface area contributed by atoms with Crippen LogP contribution in [0.2, 0.25) is 0 Å². The molecule has 0 amide bonds. The van der Waals surface area contributed by atoms with Crippen molar-refractivity contribution in [1.82, 2.24) is 5.32 Å². The Bertz CT molecular complexity index is 1490. The van der Waals surface area contributed by atoms with Gasteiger partial charge in [0.2, 0.25) is 0 Å². The normalized spacial score (nSPS) is 12.2. The van der Waals surface area contributed by atoms with E-state index >= 15 is 0 Å². The Morgan fingerprint density at radius 1 is 0.463 bits per heavy atom. The number of benzene rings is 4. The maximum Gasteiger partial charge on any atom is 0.123 e. The summed E-state index contributed by atoms with van der Waals surface area (Å²) in [6, 6.07) is 26.5. The zero-order chi connectivity index (χ0) is 38.4. The summed E-state index contributed by atoms with van der Waals surface area (Å²) in [7, 11) is 6.53. The Morgan fingerprint density at radius 2 is 0.815 bits per heavy atom.